The first-order chi connectivity index (χ1) is 12.6. The average molecular weight is 390 g/mol. The molecule has 0 bridgehead atoms. The number of carbonyl (C=O) groups is 1. The third kappa shape index (κ3) is 4.25. The lowest BCUT2D eigenvalue weighted by atomic mass is 10.1. The number of amides is 1. The van der Waals surface area contributed by atoms with Gasteiger partial charge < -0.3 is 10.1 Å². The molecule has 2 heterocycles. The molecule has 0 aliphatic heterocycles. The van der Waals surface area contributed by atoms with Gasteiger partial charge in [-0.15, -0.1) is 11.3 Å². The fourth-order valence-electron chi connectivity index (χ4n) is 2.42. The SMILES string of the molecule is COc1ccc(CCNC(=O)CSc2nc3ccsc3c(=O)n2C)cc1. The predicted molar refractivity (Wildman–Crippen MR) is 105 cm³/mol. The fraction of sp³-hybridized carbons (Fsp3) is 0.278. The summed E-state index contributed by atoms with van der Waals surface area (Å²) in [4.78, 5) is 28.7. The van der Waals surface area contributed by atoms with Crippen molar-refractivity contribution >= 4 is 39.2 Å². The van der Waals surface area contributed by atoms with Crippen LogP contribution in [0, 0.1) is 0 Å². The molecule has 1 N–H and O–H groups in total. The van der Waals surface area contributed by atoms with Crippen LogP contribution >= 0.6 is 23.1 Å². The van der Waals surface area contributed by atoms with Crippen LogP contribution in [0.4, 0.5) is 0 Å². The van der Waals surface area contributed by atoms with Gasteiger partial charge in [-0.2, -0.15) is 0 Å². The van der Waals surface area contributed by atoms with Crippen molar-refractivity contribution in [3.05, 3.63) is 51.6 Å². The summed E-state index contributed by atoms with van der Waals surface area (Å²) < 4.78 is 7.26. The first kappa shape index (κ1) is 18.5. The van der Waals surface area contributed by atoms with Crippen molar-refractivity contribution in [1.82, 2.24) is 14.9 Å². The number of hydrogen-bond acceptors (Lipinski definition) is 6. The minimum Gasteiger partial charge on any atom is -0.497 e. The molecule has 1 amide bonds. The van der Waals surface area contributed by atoms with Gasteiger partial charge in [-0.1, -0.05) is 23.9 Å². The van der Waals surface area contributed by atoms with Crippen LogP contribution in [0.15, 0.2) is 45.7 Å². The van der Waals surface area contributed by atoms with Crippen molar-refractivity contribution in [2.45, 2.75) is 11.6 Å². The second kappa shape index (κ2) is 8.37. The summed E-state index contributed by atoms with van der Waals surface area (Å²) in [7, 11) is 3.31. The Kier molecular flexibility index (Phi) is 5.95. The molecule has 1 aromatic carbocycles. The number of carbonyl (C=O) groups excluding carboxylic acids is 1. The number of rotatable bonds is 7. The van der Waals surface area contributed by atoms with Gasteiger partial charge in [-0.3, -0.25) is 14.2 Å². The third-order valence-electron chi connectivity index (χ3n) is 3.87. The normalized spacial score (nSPS) is 10.8. The number of thiophene rings is 1. The van der Waals surface area contributed by atoms with Crippen LogP contribution in [0.2, 0.25) is 0 Å². The van der Waals surface area contributed by atoms with Gasteiger partial charge >= 0.3 is 0 Å². The summed E-state index contributed by atoms with van der Waals surface area (Å²) in [5, 5.41) is 5.29. The molecule has 0 aliphatic carbocycles. The fourth-order valence-corrected chi connectivity index (χ4v) is 4.02. The van der Waals surface area contributed by atoms with Crippen molar-refractivity contribution in [2.24, 2.45) is 7.05 Å². The Labute approximate surface area is 159 Å². The second-order valence-electron chi connectivity index (χ2n) is 5.63. The lowest BCUT2D eigenvalue weighted by molar-refractivity contribution is -0.118. The highest BCUT2D eigenvalue weighted by Crippen LogP contribution is 2.19. The number of fused-ring (bicyclic) bond motifs is 1. The van der Waals surface area contributed by atoms with E-state index in [1.165, 1.54) is 27.7 Å². The predicted octanol–water partition coefficient (Wildman–Crippen LogP) is 2.45. The number of nitrogens with one attached hydrogen (secondary N) is 1. The van der Waals surface area contributed by atoms with Crippen molar-refractivity contribution in [3.8, 4) is 5.75 Å². The third-order valence-corrected chi connectivity index (χ3v) is 5.80. The molecule has 3 rings (SSSR count). The number of nitrogens with zero attached hydrogens (tertiary/aromatic N) is 2. The minimum absolute atomic E-state index is 0.0765. The van der Waals surface area contributed by atoms with Crippen LogP contribution in [0.3, 0.4) is 0 Å². The van der Waals surface area contributed by atoms with E-state index in [0.29, 0.717) is 21.9 Å². The zero-order chi connectivity index (χ0) is 18.5. The van der Waals surface area contributed by atoms with E-state index in [4.69, 9.17) is 4.74 Å². The molecule has 8 heteroatoms. The molecule has 0 saturated heterocycles. The van der Waals surface area contributed by atoms with E-state index < -0.39 is 0 Å². The molecule has 0 unspecified atom stereocenters. The minimum atomic E-state index is -0.0804. The van der Waals surface area contributed by atoms with Crippen molar-refractivity contribution in [2.75, 3.05) is 19.4 Å². The number of hydrogen-bond donors (Lipinski definition) is 1. The molecule has 136 valence electrons. The van der Waals surface area contributed by atoms with E-state index in [1.54, 1.807) is 14.2 Å². The van der Waals surface area contributed by atoms with Crippen LogP contribution in [-0.2, 0) is 18.3 Å². The Bertz CT molecular complexity index is 964. The highest BCUT2D eigenvalue weighted by atomic mass is 32.2. The second-order valence-corrected chi connectivity index (χ2v) is 7.49. The number of methoxy groups -OCH3 is 1. The molecule has 0 saturated carbocycles. The molecule has 0 atom stereocenters. The molecule has 6 nitrogen and oxygen atoms in total. The number of ether oxygens (including phenoxy) is 1. The maximum absolute atomic E-state index is 12.2. The van der Waals surface area contributed by atoms with Crippen molar-refractivity contribution in [1.29, 1.82) is 0 Å². The van der Waals surface area contributed by atoms with Crippen LogP contribution in [0.1, 0.15) is 5.56 Å². The Balaban J connectivity index is 1.51. The summed E-state index contributed by atoms with van der Waals surface area (Å²) in [6, 6.07) is 9.59. The standard InChI is InChI=1S/C18H19N3O3S2/c1-21-17(23)16-14(8-10-25-16)20-18(21)26-11-15(22)19-9-7-12-3-5-13(24-2)6-4-12/h3-6,8,10H,7,9,11H2,1-2H3,(H,19,22). The number of thioether (sulfide) groups is 1. The number of aromatic nitrogens is 2. The molecule has 0 radical (unpaired) electrons. The van der Waals surface area contributed by atoms with Crippen molar-refractivity contribution < 1.29 is 9.53 Å². The zero-order valence-corrected chi connectivity index (χ0v) is 16.2. The topological polar surface area (TPSA) is 73.2 Å². The Hall–Kier alpha value is -2.32. The number of benzene rings is 1. The molecule has 0 aliphatic rings. The molecule has 3 aromatic rings. The first-order valence-electron chi connectivity index (χ1n) is 8.05. The summed E-state index contributed by atoms with van der Waals surface area (Å²) in [5.41, 5.74) is 1.73. The molecule has 0 fully saturated rings. The lowest BCUT2D eigenvalue weighted by Crippen LogP contribution is -2.28. The van der Waals surface area contributed by atoms with Gasteiger partial charge in [0.1, 0.15) is 10.4 Å². The molecule has 0 spiro atoms. The van der Waals surface area contributed by atoms with Crippen molar-refractivity contribution in [3.63, 3.8) is 0 Å². The maximum atomic E-state index is 12.2. The summed E-state index contributed by atoms with van der Waals surface area (Å²) >= 11 is 2.65. The molecule has 26 heavy (non-hydrogen) atoms. The highest BCUT2D eigenvalue weighted by molar-refractivity contribution is 7.99. The van der Waals surface area contributed by atoms with E-state index in [-0.39, 0.29) is 17.2 Å². The first-order valence-corrected chi connectivity index (χ1v) is 9.91. The lowest BCUT2D eigenvalue weighted by Gasteiger charge is -2.08. The summed E-state index contributed by atoms with van der Waals surface area (Å²) in [6.07, 6.45) is 0.748. The molecular weight excluding hydrogens is 370 g/mol. The summed E-state index contributed by atoms with van der Waals surface area (Å²) in [5.74, 6) is 0.955. The van der Waals surface area contributed by atoms with Gasteiger partial charge in [-0.25, -0.2) is 4.98 Å². The van der Waals surface area contributed by atoms with Gasteiger partial charge in [0, 0.05) is 13.6 Å². The molecule has 2 aromatic heterocycles. The molecular formula is C18H19N3O3S2. The zero-order valence-electron chi connectivity index (χ0n) is 14.5. The Morgan fingerprint density at radius 3 is 2.81 bits per heavy atom. The van der Waals surface area contributed by atoms with Gasteiger partial charge in [-0.05, 0) is 35.6 Å². The quantitative estimate of drug-likeness (QED) is 0.496. The van der Waals surface area contributed by atoms with Crippen LogP contribution < -0.4 is 15.6 Å². The van der Waals surface area contributed by atoms with E-state index >= 15 is 0 Å². The summed E-state index contributed by atoms with van der Waals surface area (Å²) in [6.45, 7) is 0.557. The van der Waals surface area contributed by atoms with E-state index in [9.17, 15) is 9.59 Å². The Morgan fingerprint density at radius 2 is 2.08 bits per heavy atom. The van der Waals surface area contributed by atoms with Gasteiger partial charge in [0.05, 0.1) is 18.4 Å². The van der Waals surface area contributed by atoms with E-state index in [2.05, 4.69) is 10.3 Å². The van der Waals surface area contributed by atoms with Crippen LogP contribution in [0.25, 0.3) is 10.2 Å². The highest BCUT2D eigenvalue weighted by Gasteiger charge is 2.11. The van der Waals surface area contributed by atoms with Gasteiger partial charge in [0.15, 0.2) is 5.16 Å². The van der Waals surface area contributed by atoms with Crippen LogP contribution in [0.5, 0.6) is 5.75 Å². The monoisotopic (exact) mass is 389 g/mol. The van der Waals surface area contributed by atoms with Gasteiger partial charge in [0.25, 0.3) is 5.56 Å². The smallest absolute Gasteiger partial charge is 0.271 e. The van der Waals surface area contributed by atoms with Crippen LogP contribution in [-0.4, -0.2) is 34.9 Å². The van der Waals surface area contributed by atoms with E-state index in [1.807, 2.05) is 35.7 Å². The largest absolute Gasteiger partial charge is 0.497 e. The van der Waals surface area contributed by atoms with E-state index in [0.717, 1.165) is 17.7 Å². The van der Waals surface area contributed by atoms with Gasteiger partial charge in [0.2, 0.25) is 5.91 Å². The maximum Gasteiger partial charge on any atom is 0.271 e. The Morgan fingerprint density at radius 1 is 1.31 bits per heavy atom. The average Bonchev–Trinajstić information content (AvgIpc) is 3.13.